The number of methoxy groups -OCH3 is 1. The van der Waals surface area contributed by atoms with Gasteiger partial charge in [-0.05, 0) is 47.7 Å². The number of piperazine rings is 1. The van der Waals surface area contributed by atoms with Gasteiger partial charge < -0.3 is 19.9 Å². The van der Waals surface area contributed by atoms with Gasteiger partial charge in [0.25, 0.3) is 5.91 Å². The van der Waals surface area contributed by atoms with Crippen LogP contribution in [0.3, 0.4) is 0 Å². The fourth-order valence-corrected chi connectivity index (χ4v) is 4.76. The summed E-state index contributed by atoms with van der Waals surface area (Å²) in [6.07, 6.45) is 2.64. The van der Waals surface area contributed by atoms with Crippen molar-refractivity contribution in [2.45, 2.75) is 18.9 Å². The molecule has 7 nitrogen and oxygen atoms in total. The van der Waals surface area contributed by atoms with Crippen molar-refractivity contribution in [3.63, 3.8) is 0 Å². The van der Waals surface area contributed by atoms with E-state index in [0.29, 0.717) is 50.0 Å². The van der Waals surface area contributed by atoms with Crippen molar-refractivity contribution in [2.24, 2.45) is 5.92 Å². The molecule has 2 amide bonds. The minimum Gasteiger partial charge on any atom is -0.497 e. The molecule has 2 heterocycles. The molecule has 2 aromatic carbocycles. The highest BCUT2D eigenvalue weighted by atomic mass is 16.5. The van der Waals surface area contributed by atoms with Gasteiger partial charge in [0.15, 0.2) is 0 Å². The highest BCUT2D eigenvalue weighted by Crippen LogP contribution is 2.48. The quantitative estimate of drug-likeness (QED) is 0.572. The van der Waals surface area contributed by atoms with Gasteiger partial charge in [0, 0.05) is 44.8 Å². The van der Waals surface area contributed by atoms with Crippen LogP contribution in [0.4, 0.5) is 5.82 Å². The van der Waals surface area contributed by atoms with Crippen LogP contribution < -0.4 is 15.0 Å². The minimum atomic E-state index is -0.161. The predicted octanol–water partition coefficient (Wildman–Crippen LogP) is 3.47. The Kier molecular flexibility index (Phi) is 6.66. The van der Waals surface area contributed by atoms with E-state index in [0.717, 1.165) is 17.7 Å². The number of anilines is 1. The zero-order chi connectivity index (χ0) is 24.2. The lowest BCUT2D eigenvalue weighted by molar-refractivity contribution is -0.133. The number of pyridine rings is 1. The van der Waals surface area contributed by atoms with Crippen LogP contribution in [-0.2, 0) is 11.3 Å². The van der Waals surface area contributed by atoms with Crippen molar-refractivity contribution in [3.05, 3.63) is 89.6 Å². The summed E-state index contributed by atoms with van der Waals surface area (Å²) in [4.78, 5) is 34.6. The number of aromatic nitrogens is 1. The fourth-order valence-electron chi connectivity index (χ4n) is 4.76. The Morgan fingerprint density at radius 2 is 1.71 bits per heavy atom. The Morgan fingerprint density at radius 3 is 2.43 bits per heavy atom. The van der Waals surface area contributed by atoms with Gasteiger partial charge in [0.2, 0.25) is 5.91 Å². The Balaban J connectivity index is 1.17. The number of hydrogen-bond acceptors (Lipinski definition) is 5. The number of hydrogen-bond donors (Lipinski definition) is 1. The molecule has 0 radical (unpaired) electrons. The first-order valence-electron chi connectivity index (χ1n) is 12.1. The van der Waals surface area contributed by atoms with Crippen molar-refractivity contribution in [1.82, 2.24) is 15.2 Å². The van der Waals surface area contributed by atoms with E-state index < -0.39 is 0 Å². The molecule has 1 aliphatic carbocycles. The highest BCUT2D eigenvalue weighted by molar-refractivity contribution is 5.99. The summed E-state index contributed by atoms with van der Waals surface area (Å²) < 4.78 is 5.19. The summed E-state index contributed by atoms with van der Waals surface area (Å²) in [5.41, 5.74) is 2.79. The molecule has 7 heteroatoms. The number of amides is 2. The molecule has 0 spiro atoms. The molecule has 1 saturated heterocycles. The molecule has 1 aliphatic heterocycles. The first-order chi connectivity index (χ1) is 17.1. The second-order valence-corrected chi connectivity index (χ2v) is 9.08. The largest absolute Gasteiger partial charge is 0.497 e. The van der Waals surface area contributed by atoms with E-state index in [9.17, 15) is 9.59 Å². The van der Waals surface area contributed by atoms with Crippen LogP contribution in [0.25, 0.3) is 0 Å². The van der Waals surface area contributed by atoms with Crippen LogP contribution in [0.1, 0.15) is 33.8 Å². The summed E-state index contributed by atoms with van der Waals surface area (Å²) in [5.74, 6) is 1.98. The normalized spacial score (nSPS) is 19.2. The van der Waals surface area contributed by atoms with Crippen LogP contribution in [0, 0.1) is 5.92 Å². The van der Waals surface area contributed by atoms with Gasteiger partial charge in [0.1, 0.15) is 11.6 Å². The van der Waals surface area contributed by atoms with Crippen LogP contribution in [-0.4, -0.2) is 55.0 Å². The van der Waals surface area contributed by atoms with E-state index in [2.05, 4.69) is 27.3 Å². The third kappa shape index (κ3) is 5.14. The number of nitrogens with zero attached hydrogens (tertiary/aromatic N) is 3. The predicted molar refractivity (Wildman–Crippen MR) is 134 cm³/mol. The lowest BCUT2D eigenvalue weighted by atomic mass is 10.1. The molecule has 5 rings (SSSR count). The van der Waals surface area contributed by atoms with Crippen molar-refractivity contribution in [1.29, 1.82) is 0 Å². The maximum Gasteiger partial charge on any atom is 0.255 e. The third-order valence-corrected chi connectivity index (χ3v) is 6.87. The average molecular weight is 471 g/mol. The number of carbonyl (C=O) groups is 2. The van der Waals surface area contributed by atoms with E-state index in [1.807, 2.05) is 47.4 Å². The van der Waals surface area contributed by atoms with Crippen molar-refractivity contribution < 1.29 is 14.3 Å². The standard InChI is InChI=1S/C28H30N4O3/c1-35-22-11-9-20(10-12-22)19-30-27(33)23-8-5-13-29-26(23)31-14-16-32(17-15-31)28(34)25-18-24(25)21-6-3-2-4-7-21/h2-13,24-25H,14-19H2,1H3,(H,30,33)/t24-,25?/m0/s1. The summed E-state index contributed by atoms with van der Waals surface area (Å²) in [6, 6.07) is 21.5. The Labute approximate surface area is 205 Å². The van der Waals surface area contributed by atoms with Gasteiger partial charge in [-0.3, -0.25) is 9.59 Å². The monoisotopic (exact) mass is 470 g/mol. The maximum atomic E-state index is 13.0. The summed E-state index contributed by atoms with van der Waals surface area (Å²) in [7, 11) is 1.63. The molecule has 180 valence electrons. The summed E-state index contributed by atoms with van der Waals surface area (Å²) in [5, 5.41) is 2.99. The molecule has 2 fully saturated rings. The second-order valence-electron chi connectivity index (χ2n) is 9.08. The zero-order valence-corrected chi connectivity index (χ0v) is 19.9. The smallest absolute Gasteiger partial charge is 0.255 e. The topological polar surface area (TPSA) is 74.8 Å². The Hall–Kier alpha value is -3.87. The van der Waals surface area contributed by atoms with E-state index >= 15 is 0 Å². The highest BCUT2D eigenvalue weighted by Gasteiger charge is 2.46. The fraction of sp³-hybridized carbons (Fsp3) is 0.321. The molecule has 1 aromatic heterocycles. The van der Waals surface area contributed by atoms with Crippen molar-refractivity contribution in [2.75, 3.05) is 38.2 Å². The number of carbonyl (C=O) groups excluding carboxylic acids is 2. The lowest BCUT2D eigenvalue weighted by Gasteiger charge is -2.36. The molecular formula is C28H30N4O3. The number of rotatable bonds is 7. The van der Waals surface area contributed by atoms with E-state index in [1.165, 1.54) is 5.56 Å². The van der Waals surface area contributed by atoms with E-state index in [4.69, 9.17) is 4.74 Å². The number of nitrogens with one attached hydrogen (secondary N) is 1. The van der Waals surface area contributed by atoms with E-state index in [-0.39, 0.29) is 17.7 Å². The maximum absolute atomic E-state index is 13.0. The van der Waals surface area contributed by atoms with Crippen molar-refractivity contribution >= 4 is 17.6 Å². The van der Waals surface area contributed by atoms with E-state index in [1.54, 1.807) is 25.4 Å². The molecule has 3 aromatic rings. The van der Waals surface area contributed by atoms with Gasteiger partial charge in [-0.1, -0.05) is 42.5 Å². The van der Waals surface area contributed by atoms with Crippen LogP contribution >= 0.6 is 0 Å². The van der Waals surface area contributed by atoms with Crippen LogP contribution in [0.5, 0.6) is 5.75 Å². The third-order valence-electron chi connectivity index (χ3n) is 6.87. The van der Waals surface area contributed by atoms with Crippen LogP contribution in [0.15, 0.2) is 72.9 Å². The molecular weight excluding hydrogens is 440 g/mol. The number of ether oxygens (including phenoxy) is 1. The van der Waals surface area contributed by atoms with Gasteiger partial charge in [-0.25, -0.2) is 4.98 Å². The molecule has 0 bridgehead atoms. The number of benzene rings is 2. The lowest BCUT2D eigenvalue weighted by Crippen LogP contribution is -2.50. The first-order valence-corrected chi connectivity index (χ1v) is 12.1. The molecule has 1 unspecified atom stereocenters. The average Bonchev–Trinajstić information content (AvgIpc) is 3.73. The summed E-state index contributed by atoms with van der Waals surface area (Å²) in [6.45, 7) is 3.01. The second kappa shape index (κ2) is 10.2. The van der Waals surface area contributed by atoms with Gasteiger partial charge in [-0.15, -0.1) is 0 Å². The SMILES string of the molecule is COc1ccc(CNC(=O)c2cccnc2N2CCN(C(=O)C3C[C@H]3c3ccccc3)CC2)cc1. The first kappa shape index (κ1) is 22.9. The van der Waals surface area contributed by atoms with Gasteiger partial charge >= 0.3 is 0 Å². The van der Waals surface area contributed by atoms with Crippen LogP contribution in [0.2, 0.25) is 0 Å². The summed E-state index contributed by atoms with van der Waals surface area (Å²) >= 11 is 0. The van der Waals surface area contributed by atoms with Crippen molar-refractivity contribution in [3.8, 4) is 5.75 Å². The molecule has 2 atom stereocenters. The Morgan fingerprint density at radius 1 is 0.971 bits per heavy atom. The molecule has 1 N–H and O–H groups in total. The molecule has 1 saturated carbocycles. The zero-order valence-electron chi connectivity index (χ0n) is 19.9. The minimum absolute atomic E-state index is 0.0955. The molecule has 35 heavy (non-hydrogen) atoms. The molecule has 2 aliphatic rings. The van der Waals surface area contributed by atoms with Gasteiger partial charge in [-0.2, -0.15) is 0 Å². The Bertz CT molecular complexity index is 1170. The van der Waals surface area contributed by atoms with Gasteiger partial charge in [0.05, 0.1) is 12.7 Å².